The predicted molar refractivity (Wildman–Crippen MR) is 76.2 cm³/mol. The Bertz CT molecular complexity index is 365. The molecule has 0 aromatic carbocycles. The summed E-state index contributed by atoms with van der Waals surface area (Å²) in [4.78, 5) is 12.9. The number of carbonyl (C=O) groups excluding carboxylic acids is 1. The molecular weight excluding hydrogens is 300 g/mol. The second kappa shape index (κ2) is 7.13. The van der Waals surface area contributed by atoms with Crippen molar-refractivity contribution in [2.24, 2.45) is 5.92 Å². The summed E-state index contributed by atoms with van der Waals surface area (Å²) in [7, 11) is 0. The smallest absolute Gasteiger partial charge is 0.236 e. The molecule has 0 aliphatic carbocycles. The molecule has 0 aliphatic heterocycles. The molecule has 3 nitrogen and oxygen atoms in total. The summed E-state index contributed by atoms with van der Waals surface area (Å²) in [5.74, 6) is 0.550. The third-order valence-electron chi connectivity index (χ3n) is 2.29. The van der Waals surface area contributed by atoms with Crippen LogP contribution in [-0.4, -0.2) is 18.5 Å². The first-order chi connectivity index (χ1) is 7.99. The number of rotatable bonds is 6. The molecule has 96 valence electrons. The van der Waals surface area contributed by atoms with Crippen molar-refractivity contribution in [2.75, 3.05) is 6.54 Å². The summed E-state index contributed by atoms with van der Waals surface area (Å²) >= 11 is 5.10. The fourth-order valence-corrected chi connectivity index (χ4v) is 2.68. The van der Waals surface area contributed by atoms with Crippen LogP contribution in [-0.2, 0) is 11.3 Å². The van der Waals surface area contributed by atoms with Gasteiger partial charge in [0.2, 0.25) is 5.91 Å². The molecule has 0 aliphatic rings. The molecule has 0 fully saturated rings. The molecule has 1 rings (SSSR count). The third-order valence-corrected chi connectivity index (χ3v) is 3.91. The lowest BCUT2D eigenvalue weighted by atomic mass is 10.2. The Balaban J connectivity index is 2.29. The summed E-state index contributed by atoms with van der Waals surface area (Å²) in [6, 6.07) is 3.92. The van der Waals surface area contributed by atoms with E-state index in [4.69, 9.17) is 0 Å². The Labute approximate surface area is 115 Å². The number of hydrogen-bond donors (Lipinski definition) is 2. The van der Waals surface area contributed by atoms with Crippen LogP contribution in [0.2, 0.25) is 0 Å². The molecule has 17 heavy (non-hydrogen) atoms. The number of nitrogens with one attached hydrogen (secondary N) is 2. The number of halogens is 1. The van der Waals surface area contributed by atoms with Crippen LogP contribution in [0.5, 0.6) is 0 Å². The highest BCUT2D eigenvalue weighted by Crippen LogP contribution is 2.21. The van der Waals surface area contributed by atoms with Gasteiger partial charge < -0.3 is 10.6 Å². The van der Waals surface area contributed by atoms with Crippen molar-refractivity contribution in [3.63, 3.8) is 0 Å². The van der Waals surface area contributed by atoms with Crippen LogP contribution in [0.1, 0.15) is 25.6 Å². The van der Waals surface area contributed by atoms with Gasteiger partial charge in [0.15, 0.2) is 0 Å². The van der Waals surface area contributed by atoms with Crippen LogP contribution >= 0.6 is 27.3 Å². The van der Waals surface area contributed by atoms with Crippen molar-refractivity contribution in [3.05, 3.63) is 20.8 Å². The molecule has 0 saturated carbocycles. The van der Waals surface area contributed by atoms with Gasteiger partial charge in [0.05, 0.1) is 9.83 Å². The molecule has 1 aromatic heterocycles. The summed E-state index contributed by atoms with van der Waals surface area (Å²) in [5, 5.41) is 6.13. The van der Waals surface area contributed by atoms with Crippen molar-refractivity contribution in [2.45, 2.75) is 33.4 Å². The van der Waals surface area contributed by atoms with E-state index >= 15 is 0 Å². The fraction of sp³-hybridized carbons (Fsp3) is 0.583. The first kappa shape index (κ1) is 14.7. The van der Waals surface area contributed by atoms with Gasteiger partial charge in [0.1, 0.15) is 0 Å². The first-order valence-electron chi connectivity index (χ1n) is 5.74. The zero-order chi connectivity index (χ0) is 12.8. The molecule has 2 N–H and O–H groups in total. The summed E-state index contributed by atoms with van der Waals surface area (Å²) < 4.78 is 1.12. The molecule has 1 unspecified atom stereocenters. The maximum atomic E-state index is 11.7. The maximum absolute atomic E-state index is 11.7. The van der Waals surface area contributed by atoms with Crippen LogP contribution in [0.15, 0.2) is 15.9 Å². The van der Waals surface area contributed by atoms with E-state index in [-0.39, 0.29) is 11.9 Å². The van der Waals surface area contributed by atoms with E-state index < -0.39 is 0 Å². The number of hydrogen-bond acceptors (Lipinski definition) is 3. The van der Waals surface area contributed by atoms with Gasteiger partial charge >= 0.3 is 0 Å². The Hall–Kier alpha value is -0.390. The van der Waals surface area contributed by atoms with E-state index in [1.165, 1.54) is 4.88 Å². The van der Waals surface area contributed by atoms with E-state index in [2.05, 4.69) is 46.5 Å². The van der Waals surface area contributed by atoms with E-state index in [0.717, 1.165) is 16.9 Å². The fourth-order valence-electron chi connectivity index (χ4n) is 1.25. The Morgan fingerprint density at radius 2 is 2.12 bits per heavy atom. The lowest BCUT2D eigenvalue weighted by Crippen LogP contribution is -2.42. The van der Waals surface area contributed by atoms with Gasteiger partial charge in [-0.1, -0.05) is 13.8 Å². The highest BCUT2D eigenvalue weighted by molar-refractivity contribution is 9.11. The lowest BCUT2D eigenvalue weighted by molar-refractivity contribution is -0.122. The Kier molecular flexibility index (Phi) is 6.16. The second-order valence-corrected chi connectivity index (χ2v) is 6.99. The van der Waals surface area contributed by atoms with Crippen molar-refractivity contribution >= 4 is 33.2 Å². The van der Waals surface area contributed by atoms with Gasteiger partial charge in [0.25, 0.3) is 0 Å². The summed E-state index contributed by atoms with van der Waals surface area (Å²) in [6.45, 7) is 7.52. The molecule has 0 bridgehead atoms. The lowest BCUT2D eigenvalue weighted by Gasteiger charge is -2.14. The maximum Gasteiger partial charge on any atom is 0.236 e. The molecule has 0 radical (unpaired) electrons. The number of thiophene rings is 1. The Morgan fingerprint density at radius 3 is 2.65 bits per heavy atom. The van der Waals surface area contributed by atoms with Gasteiger partial charge in [-0.05, 0) is 40.9 Å². The van der Waals surface area contributed by atoms with E-state index in [1.54, 1.807) is 11.3 Å². The van der Waals surface area contributed by atoms with Gasteiger partial charge in [-0.2, -0.15) is 0 Å². The normalized spacial score (nSPS) is 12.8. The Morgan fingerprint density at radius 1 is 1.41 bits per heavy atom. The molecule has 1 aromatic rings. The molecule has 1 heterocycles. The minimum absolute atomic E-state index is 0.0642. The quantitative estimate of drug-likeness (QED) is 0.846. The van der Waals surface area contributed by atoms with Crippen LogP contribution in [0.3, 0.4) is 0 Å². The minimum Gasteiger partial charge on any atom is -0.354 e. The van der Waals surface area contributed by atoms with Crippen LogP contribution < -0.4 is 10.6 Å². The van der Waals surface area contributed by atoms with Gasteiger partial charge in [-0.3, -0.25) is 4.79 Å². The van der Waals surface area contributed by atoms with E-state index in [0.29, 0.717) is 5.92 Å². The average molecular weight is 319 g/mol. The largest absolute Gasteiger partial charge is 0.354 e. The highest BCUT2D eigenvalue weighted by atomic mass is 79.9. The molecule has 1 amide bonds. The number of carbonyl (C=O) groups is 1. The minimum atomic E-state index is -0.158. The summed E-state index contributed by atoms with van der Waals surface area (Å²) in [6.07, 6.45) is 0. The van der Waals surface area contributed by atoms with Crippen molar-refractivity contribution in [3.8, 4) is 0 Å². The summed E-state index contributed by atoms with van der Waals surface area (Å²) in [5.41, 5.74) is 0. The van der Waals surface area contributed by atoms with Crippen molar-refractivity contribution in [1.29, 1.82) is 0 Å². The highest BCUT2D eigenvalue weighted by Gasteiger charge is 2.12. The predicted octanol–water partition coefficient (Wildman–Crippen LogP) is 2.76. The zero-order valence-electron chi connectivity index (χ0n) is 10.4. The first-order valence-corrected chi connectivity index (χ1v) is 7.35. The molecule has 5 heteroatoms. The molecule has 0 saturated heterocycles. The van der Waals surface area contributed by atoms with Crippen molar-refractivity contribution in [1.82, 2.24) is 10.6 Å². The zero-order valence-corrected chi connectivity index (χ0v) is 12.8. The van der Waals surface area contributed by atoms with Gasteiger partial charge in [-0.15, -0.1) is 11.3 Å². The molecular formula is C12H19BrN2OS. The third kappa shape index (κ3) is 5.66. The van der Waals surface area contributed by atoms with Crippen molar-refractivity contribution < 1.29 is 4.79 Å². The van der Waals surface area contributed by atoms with Gasteiger partial charge in [0, 0.05) is 18.0 Å². The van der Waals surface area contributed by atoms with Crippen LogP contribution in [0.25, 0.3) is 0 Å². The van der Waals surface area contributed by atoms with Gasteiger partial charge in [-0.25, -0.2) is 0 Å². The monoisotopic (exact) mass is 318 g/mol. The van der Waals surface area contributed by atoms with Crippen LogP contribution in [0, 0.1) is 5.92 Å². The number of amides is 1. The average Bonchev–Trinajstić information content (AvgIpc) is 2.68. The van der Waals surface area contributed by atoms with E-state index in [9.17, 15) is 4.79 Å². The standard InChI is InChI=1S/C12H19BrN2OS/c1-8(2)6-15-12(16)9(3)14-7-10-4-5-11(13)17-10/h4-5,8-9,14H,6-7H2,1-3H3,(H,15,16). The van der Waals surface area contributed by atoms with E-state index in [1.807, 2.05) is 13.0 Å². The SMILES string of the molecule is CC(C)CNC(=O)C(C)NCc1ccc(Br)s1. The molecule has 0 spiro atoms. The van der Waals surface area contributed by atoms with Crippen LogP contribution in [0.4, 0.5) is 0 Å². The second-order valence-electron chi connectivity index (χ2n) is 4.45. The molecule has 1 atom stereocenters. The topological polar surface area (TPSA) is 41.1 Å².